The highest BCUT2D eigenvalue weighted by molar-refractivity contribution is 5.80. The predicted molar refractivity (Wildman–Crippen MR) is 84.4 cm³/mol. The Bertz CT molecular complexity index is 323. The molecular weight excluding hydrogens is 268 g/mol. The monoisotopic (exact) mass is 300 g/mol. The van der Waals surface area contributed by atoms with Crippen molar-refractivity contribution in [3.8, 4) is 0 Å². The quantitative estimate of drug-likeness (QED) is 0.693. The standard InChI is InChI=1S/C16H32N2O3/c1-6-20-14-9-8-10-18(12-14)13(3)11-16(4,17-5)15(19)21-7-2/h13-14,17H,6-12H2,1-5H3. The molecule has 1 aliphatic heterocycles. The molecule has 0 spiro atoms. The van der Waals surface area contributed by atoms with E-state index in [1.165, 1.54) is 0 Å². The summed E-state index contributed by atoms with van der Waals surface area (Å²) < 4.78 is 11.0. The Morgan fingerprint density at radius 1 is 1.43 bits per heavy atom. The van der Waals surface area contributed by atoms with Crippen LogP contribution >= 0.6 is 0 Å². The maximum atomic E-state index is 12.2. The summed E-state index contributed by atoms with van der Waals surface area (Å²) in [5.41, 5.74) is -0.631. The fourth-order valence-corrected chi connectivity index (χ4v) is 3.04. The van der Waals surface area contributed by atoms with E-state index >= 15 is 0 Å². The van der Waals surface area contributed by atoms with Gasteiger partial charge in [-0.1, -0.05) is 0 Å². The number of hydrogen-bond donors (Lipinski definition) is 1. The average molecular weight is 300 g/mol. The molecule has 0 saturated carbocycles. The molecular formula is C16H32N2O3. The first kappa shape index (κ1) is 18.4. The van der Waals surface area contributed by atoms with Gasteiger partial charge in [0.25, 0.3) is 0 Å². The van der Waals surface area contributed by atoms with Crippen molar-refractivity contribution in [3.63, 3.8) is 0 Å². The summed E-state index contributed by atoms with van der Waals surface area (Å²) in [5.74, 6) is -0.169. The normalized spacial score (nSPS) is 24.3. The molecule has 21 heavy (non-hydrogen) atoms. The van der Waals surface area contributed by atoms with Crippen LogP contribution in [0.3, 0.4) is 0 Å². The fraction of sp³-hybridized carbons (Fsp3) is 0.938. The van der Waals surface area contributed by atoms with Crippen LogP contribution in [0, 0.1) is 0 Å². The number of piperidine rings is 1. The SMILES string of the molecule is CCOC(=O)C(C)(CC(C)N1CCCC(OCC)C1)NC. The first-order valence-corrected chi connectivity index (χ1v) is 8.18. The van der Waals surface area contributed by atoms with Crippen LogP contribution in [0.15, 0.2) is 0 Å². The second-order valence-corrected chi connectivity index (χ2v) is 6.07. The van der Waals surface area contributed by atoms with Crippen molar-refractivity contribution in [1.29, 1.82) is 0 Å². The molecule has 3 atom stereocenters. The Balaban J connectivity index is 2.60. The van der Waals surface area contributed by atoms with E-state index in [1.54, 1.807) is 0 Å². The average Bonchev–Trinajstić information content (AvgIpc) is 2.48. The minimum Gasteiger partial charge on any atom is -0.465 e. The van der Waals surface area contributed by atoms with Crippen LogP contribution in [-0.4, -0.2) is 61.9 Å². The number of carbonyl (C=O) groups is 1. The van der Waals surface area contributed by atoms with Crippen molar-refractivity contribution < 1.29 is 14.3 Å². The summed E-state index contributed by atoms with van der Waals surface area (Å²) in [4.78, 5) is 14.6. The van der Waals surface area contributed by atoms with Gasteiger partial charge in [-0.15, -0.1) is 0 Å². The van der Waals surface area contributed by atoms with E-state index in [0.29, 0.717) is 18.8 Å². The van der Waals surface area contributed by atoms with Gasteiger partial charge in [0.1, 0.15) is 5.54 Å². The van der Waals surface area contributed by atoms with Crippen LogP contribution in [0.5, 0.6) is 0 Å². The minimum atomic E-state index is -0.631. The van der Waals surface area contributed by atoms with Crippen molar-refractivity contribution in [3.05, 3.63) is 0 Å². The number of likely N-dealkylation sites (N-methyl/N-ethyl adjacent to an activating group) is 1. The number of carbonyl (C=O) groups excluding carboxylic acids is 1. The molecule has 0 aromatic rings. The lowest BCUT2D eigenvalue weighted by Gasteiger charge is -2.39. The summed E-state index contributed by atoms with van der Waals surface area (Å²) in [6, 6.07) is 0.315. The molecule has 124 valence electrons. The van der Waals surface area contributed by atoms with Crippen molar-refractivity contribution in [1.82, 2.24) is 10.2 Å². The van der Waals surface area contributed by atoms with E-state index in [0.717, 1.165) is 39.0 Å². The summed E-state index contributed by atoms with van der Waals surface area (Å²) in [7, 11) is 1.82. The number of likely N-dealkylation sites (tertiary alicyclic amines) is 1. The number of esters is 1. The maximum absolute atomic E-state index is 12.2. The molecule has 0 aliphatic carbocycles. The van der Waals surface area contributed by atoms with E-state index in [9.17, 15) is 4.79 Å². The zero-order valence-corrected chi connectivity index (χ0v) is 14.3. The highest BCUT2D eigenvalue weighted by atomic mass is 16.5. The number of nitrogens with zero attached hydrogens (tertiary/aromatic N) is 1. The Morgan fingerprint density at radius 2 is 2.14 bits per heavy atom. The van der Waals surface area contributed by atoms with Crippen LogP contribution in [0.4, 0.5) is 0 Å². The van der Waals surface area contributed by atoms with Gasteiger partial charge in [-0.05, 0) is 60.5 Å². The first-order chi connectivity index (χ1) is 9.96. The van der Waals surface area contributed by atoms with Crippen molar-refractivity contribution in [2.24, 2.45) is 0 Å². The van der Waals surface area contributed by atoms with Gasteiger partial charge in [0.2, 0.25) is 0 Å². The molecule has 0 bridgehead atoms. The smallest absolute Gasteiger partial charge is 0.326 e. The van der Waals surface area contributed by atoms with E-state index < -0.39 is 5.54 Å². The summed E-state index contributed by atoms with van der Waals surface area (Å²) in [5, 5.41) is 3.14. The minimum absolute atomic E-state index is 0.169. The van der Waals surface area contributed by atoms with Gasteiger partial charge >= 0.3 is 5.97 Å². The molecule has 5 heteroatoms. The summed E-state index contributed by atoms with van der Waals surface area (Å²) >= 11 is 0. The summed E-state index contributed by atoms with van der Waals surface area (Å²) in [6.45, 7) is 11.2. The highest BCUT2D eigenvalue weighted by Crippen LogP contribution is 2.22. The van der Waals surface area contributed by atoms with Crippen molar-refractivity contribution in [2.45, 2.75) is 64.6 Å². The second kappa shape index (κ2) is 8.71. The van der Waals surface area contributed by atoms with E-state index in [1.807, 2.05) is 27.8 Å². The Labute approximate surface area is 129 Å². The number of nitrogens with one attached hydrogen (secondary N) is 1. The summed E-state index contributed by atoms with van der Waals surface area (Å²) in [6.07, 6.45) is 3.36. The van der Waals surface area contributed by atoms with Gasteiger partial charge in [-0.2, -0.15) is 0 Å². The number of ether oxygens (including phenoxy) is 2. The Hall–Kier alpha value is -0.650. The molecule has 0 aromatic heterocycles. The molecule has 3 unspecified atom stereocenters. The van der Waals surface area contributed by atoms with Gasteiger partial charge < -0.3 is 14.8 Å². The van der Waals surface area contributed by atoms with Crippen LogP contribution in [0.2, 0.25) is 0 Å². The molecule has 1 rings (SSSR count). The maximum Gasteiger partial charge on any atom is 0.326 e. The molecule has 1 aliphatic rings. The molecule has 0 aromatic carbocycles. The van der Waals surface area contributed by atoms with E-state index in [2.05, 4.69) is 17.1 Å². The van der Waals surface area contributed by atoms with Crippen molar-refractivity contribution >= 4 is 5.97 Å². The fourth-order valence-electron chi connectivity index (χ4n) is 3.04. The van der Waals surface area contributed by atoms with E-state index in [4.69, 9.17) is 9.47 Å². The van der Waals surface area contributed by atoms with E-state index in [-0.39, 0.29) is 5.97 Å². The van der Waals surface area contributed by atoms with Crippen LogP contribution < -0.4 is 5.32 Å². The lowest BCUT2D eigenvalue weighted by atomic mass is 9.92. The molecule has 1 heterocycles. The topological polar surface area (TPSA) is 50.8 Å². The highest BCUT2D eigenvalue weighted by Gasteiger charge is 2.36. The van der Waals surface area contributed by atoms with Crippen molar-refractivity contribution in [2.75, 3.05) is 33.4 Å². The Kier molecular flexibility index (Phi) is 7.63. The molecule has 1 N–H and O–H groups in total. The van der Waals surface area contributed by atoms with Crippen LogP contribution in [-0.2, 0) is 14.3 Å². The third kappa shape index (κ3) is 5.24. The van der Waals surface area contributed by atoms with Gasteiger partial charge in [0, 0.05) is 19.2 Å². The van der Waals surface area contributed by atoms with Gasteiger partial charge in [0.05, 0.1) is 12.7 Å². The Morgan fingerprint density at radius 3 is 2.71 bits per heavy atom. The molecule has 0 amide bonds. The third-order valence-corrected chi connectivity index (χ3v) is 4.42. The zero-order valence-electron chi connectivity index (χ0n) is 14.3. The molecule has 1 fully saturated rings. The first-order valence-electron chi connectivity index (χ1n) is 8.18. The second-order valence-electron chi connectivity index (χ2n) is 6.07. The lowest BCUT2D eigenvalue weighted by molar-refractivity contribution is -0.151. The number of rotatable bonds is 8. The molecule has 5 nitrogen and oxygen atoms in total. The predicted octanol–water partition coefficient (Wildman–Crippen LogP) is 1.81. The van der Waals surface area contributed by atoms with Gasteiger partial charge in [-0.3, -0.25) is 9.69 Å². The van der Waals surface area contributed by atoms with Crippen LogP contribution in [0.25, 0.3) is 0 Å². The number of hydrogen-bond acceptors (Lipinski definition) is 5. The third-order valence-electron chi connectivity index (χ3n) is 4.42. The molecule has 1 saturated heterocycles. The zero-order chi connectivity index (χ0) is 15.9. The van der Waals surface area contributed by atoms with Crippen LogP contribution in [0.1, 0.15) is 47.0 Å². The molecule has 0 radical (unpaired) electrons. The van der Waals surface area contributed by atoms with Gasteiger partial charge in [-0.25, -0.2) is 0 Å². The van der Waals surface area contributed by atoms with Gasteiger partial charge in [0.15, 0.2) is 0 Å². The largest absolute Gasteiger partial charge is 0.465 e. The lowest BCUT2D eigenvalue weighted by Crippen LogP contribution is -2.54.